The molecule has 27 heavy (non-hydrogen) atoms. The summed E-state index contributed by atoms with van der Waals surface area (Å²) in [7, 11) is 0. The first-order valence-electron chi connectivity index (χ1n) is 8.09. The lowest BCUT2D eigenvalue weighted by Gasteiger charge is -2.16. The fourth-order valence-corrected chi connectivity index (χ4v) is 3.28. The maximum absolute atomic E-state index is 12.7. The number of rotatable bonds is 7. The van der Waals surface area contributed by atoms with Crippen LogP contribution in [0.4, 0.5) is 0 Å². The first kappa shape index (κ1) is 18.4. The van der Waals surface area contributed by atoms with E-state index in [1.807, 2.05) is 24.3 Å². The first-order chi connectivity index (χ1) is 13.1. The summed E-state index contributed by atoms with van der Waals surface area (Å²) >= 11 is 1.12. The van der Waals surface area contributed by atoms with E-state index < -0.39 is 23.6 Å². The summed E-state index contributed by atoms with van der Waals surface area (Å²) in [6.45, 7) is 0. The van der Waals surface area contributed by atoms with Crippen LogP contribution in [0.5, 0.6) is 0 Å². The minimum absolute atomic E-state index is 0.153. The Hall–Kier alpha value is -3.39. The van der Waals surface area contributed by atoms with E-state index in [1.165, 1.54) is 0 Å². The maximum Gasteiger partial charge on any atom is 0.287 e. The lowest BCUT2D eigenvalue weighted by atomic mass is 10.0. The molecule has 0 radical (unpaired) electrons. The van der Waals surface area contributed by atoms with Crippen LogP contribution in [0.25, 0.3) is 11.1 Å². The molecule has 3 aromatic rings. The van der Waals surface area contributed by atoms with Gasteiger partial charge < -0.3 is 11.1 Å². The Labute approximate surface area is 159 Å². The maximum atomic E-state index is 12.7. The number of benzene rings is 1. The smallest absolute Gasteiger partial charge is 0.287 e. The van der Waals surface area contributed by atoms with E-state index >= 15 is 0 Å². The molecule has 2 heterocycles. The molecule has 0 aliphatic carbocycles. The Morgan fingerprint density at radius 3 is 2.56 bits per heavy atom. The molecular weight excluding hydrogens is 364 g/mol. The molecule has 1 aromatic carbocycles. The first-order valence-corrected chi connectivity index (χ1v) is 8.93. The summed E-state index contributed by atoms with van der Waals surface area (Å²) in [5.41, 5.74) is 7.45. The van der Waals surface area contributed by atoms with Crippen molar-refractivity contribution in [2.45, 2.75) is 12.5 Å². The molecule has 3 rings (SSSR count). The Morgan fingerprint density at radius 1 is 1.11 bits per heavy atom. The summed E-state index contributed by atoms with van der Waals surface area (Å²) in [6.07, 6.45) is 3.40. The van der Waals surface area contributed by atoms with E-state index in [4.69, 9.17) is 5.73 Å². The van der Waals surface area contributed by atoms with Crippen molar-refractivity contribution in [1.29, 1.82) is 0 Å². The third kappa shape index (κ3) is 4.42. The minimum Gasteiger partial charge on any atom is -0.363 e. The van der Waals surface area contributed by atoms with Gasteiger partial charge in [-0.25, -0.2) is 0 Å². The molecule has 8 heteroatoms. The number of hydrogen-bond acceptors (Lipinski definition) is 6. The van der Waals surface area contributed by atoms with Crippen molar-refractivity contribution in [1.82, 2.24) is 14.7 Å². The number of carbonyl (C=O) groups is 3. The normalized spacial score (nSPS) is 11.6. The Balaban J connectivity index is 1.84. The molecule has 0 fully saturated rings. The van der Waals surface area contributed by atoms with Gasteiger partial charge in [-0.3, -0.25) is 19.4 Å². The number of nitrogens with two attached hydrogens (primary N) is 1. The quantitative estimate of drug-likeness (QED) is 0.604. The zero-order valence-electron chi connectivity index (χ0n) is 14.2. The SMILES string of the molecule is NC(=O)C(=O)C(Cc1ccccc1)NC(=O)c1nscc1-c1cccnc1. The number of nitrogens with one attached hydrogen (secondary N) is 1. The standard InChI is InChI=1S/C19H16N4O3S/c20-18(25)17(24)15(9-12-5-2-1-3-6-12)22-19(26)16-14(11-27-23-16)13-7-4-8-21-10-13/h1-8,10-11,15H,9H2,(H2,20,25)(H,22,26). The monoisotopic (exact) mass is 380 g/mol. The van der Waals surface area contributed by atoms with Crippen molar-refractivity contribution >= 4 is 29.1 Å². The van der Waals surface area contributed by atoms with Gasteiger partial charge in [0.15, 0.2) is 0 Å². The number of carbonyl (C=O) groups excluding carboxylic acids is 3. The van der Waals surface area contributed by atoms with Crippen molar-refractivity contribution in [3.8, 4) is 11.1 Å². The molecule has 0 bridgehead atoms. The third-order valence-electron chi connectivity index (χ3n) is 3.90. The molecule has 2 amide bonds. The summed E-state index contributed by atoms with van der Waals surface area (Å²) in [5.74, 6) is -2.50. The minimum atomic E-state index is -1.10. The summed E-state index contributed by atoms with van der Waals surface area (Å²) in [4.78, 5) is 40.4. The molecule has 1 unspecified atom stereocenters. The van der Waals surface area contributed by atoms with Gasteiger partial charge in [0.25, 0.3) is 11.8 Å². The van der Waals surface area contributed by atoms with Crippen LogP contribution < -0.4 is 11.1 Å². The fourth-order valence-electron chi connectivity index (χ4n) is 2.58. The molecular formula is C19H16N4O3S. The van der Waals surface area contributed by atoms with Crippen LogP contribution in [0, 0.1) is 0 Å². The highest BCUT2D eigenvalue weighted by atomic mass is 32.1. The van der Waals surface area contributed by atoms with Gasteiger partial charge in [-0.1, -0.05) is 36.4 Å². The van der Waals surface area contributed by atoms with Crippen molar-refractivity contribution in [3.63, 3.8) is 0 Å². The Bertz CT molecular complexity index is 957. The molecule has 136 valence electrons. The predicted molar refractivity (Wildman–Crippen MR) is 101 cm³/mol. The lowest BCUT2D eigenvalue weighted by molar-refractivity contribution is -0.137. The van der Waals surface area contributed by atoms with Crippen LogP contribution in [-0.2, 0) is 16.0 Å². The largest absolute Gasteiger partial charge is 0.363 e. The van der Waals surface area contributed by atoms with Crippen LogP contribution in [0.1, 0.15) is 16.1 Å². The number of ketones is 1. The molecule has 1 atom stereocenters. The van der Waals surface area contributed by atoms with Gasteiger partial charge >= 0.3 is 0 Å². The zero-order chi connectivity index (χ0) is 19.2. The second-order valence-corrected chi connectivity index (χ2v) is 6.39. The Kier molecular flexibility index (Phi) is 5.68. The lowest BCUT2D eigenvalue weighted by Crippen LogP contribution is -2.47. The average molecular weight is 380 g/mol. The highest BCUT2D eigenvalue weighted by molar-refractivity contribution is 7.04. The van der Waals surface area contributed by atoms with Gasteiger partial charge in [0.2, 0.25) is 5.78 Å². The van der Waals surface area contributed by atoms with Crippen molar-refractivity contribution < 1.29 is 14.4 Å². The summed E-state index contributed by atoms with van der Waals surface area (Å²) in [6, 6.07) is 11.6. The molecule has 7 nitrogen and oxygen atoms in total. The second kappa shape index (κ2) is 8.33. The van der Waals surface area contributed by atoms with Crippen LogP contribution in [0.15, 0.2) is 60.2 Å². The highest BCUT2D eigenvalue weighted by Crippen LogP contribution is 2.24. The highest BCUT2D eigenvalue weighted by Gasteiger charge is 2.27. The molecule has 3 N–H and O–H groups in total. The number of hydrogen-bond donors (Lipinski definition) is 2. The van der Waals surface area contributed by atoms with E-state index in [2.05, 4.69) is 14.7 Å². The van der Waals surface area contributed by atoms with Crippen molar-refractivity contribution in [2.75, 3.05) is 0 Å². The van der Waals surface area contributed by atoms with Gasteiger partial charge in [0, 0.05) is 35.3 Å². The van der Waals surface area contributed by atoms with Gasteiger partial charge in [-0.2, -0.15) is 4.37 Å². The Morgan fingerprint density at radius 2 is 1.89 bits per heavy atom. The van der Waals surface area contributed by atoms with E-state index in [0.29, 0.717) is 5.56 Å². The topological polar surface area (TPSA) is 115 Å². The number of nitrogens with zero attached hydrogens (tertiary/aromatic N) is 2. The zero-order valence-corrected chi connectivity index (χ0v) is 15.0. The fraction of sp³-hybridized carbons (Fsp3) is 0.105. The van der Waals surface area contributed by atoms with E-state index in [9.17, 15) is 14.4 Å². The number of amides is 2. The van der Waals surface area contributed by atoms with Crippen LogP contribution in [0.3, 0.4) is 0 Å². The number of aromatic nitrogens is 2. The number of pyridine rings is 1. The van der Waals surface area contributed by atoms with E-state index in [1.54, 1.807) is 36.0 Å². The van der Waals surface area contributed by atoms with Gasteiger partial charge in [0.1, 0.15) is 11.7 Å². The van der Waals surface area contributed by atoms with Crippen molar-refractivity contribution in [3.05, 3.63) is 71.5 Å². The van der Waals surface area contributed by atoms with Gasteiger partial charge in [0.05, 0.1) is 0 Å². The summed E-state index contributed by atoms with van der Waals surface area (Å²) < 4.78 is 4.13. The molecule has 0 spiro atoms. The molecule has 0 saturated heterocycles. The van der Waals surface area contributed by atoms with Crippen LogP contribution >= 0.6 is 11.5 Å². The third-order valence-corrected chi connectivity index (χ3v) is 4.53. The van der Waals surface area contributed by atoms with Crippen LogP contribution in [0.2, 0.25) is 0 Å². The molecule has 0 saturated carbocycles. The molecule has 2 aromatic heterocycles. The molecule has 0 aliphatic heterocycles. The second-order valence-electron chi connectivity index (χ2n) is 5.76. The van der Waals surface area contributed by atoms with Crippen LogP contribution in [-0.4, -0.2) is 33.0 Å². The van der Waals surface area contributed by atoms with Crippen molar-refractivity contribution in [2.24, 2.45) is 5.73 Å². The van der Waals surface area contributed by atoms with E-state index in [-0.39, 0.29) is 12.1 Å². The molecule has 0 aliphatic rings. The average Bonchev–Trinajstić information content (AvgIpc) is 3.18. The number of primary amides is 1. The van der Waals surface area contributed by atoms with Gasteiger partial charge in [-0.15, -0.1) is 0 Å². The predicted octanol–water partition coefficient (Wildman–Crippen LogP) is 1.60. The van der Waals surface area contributed by atoms with Gasteiger partial charge in [-0.05, 0) is 23.2 Å². The van der Waals surface area contributed by atoms with E-state index in [0.717, 1.165) is 22.7 Å². The number of Topliss-reactive ketones (excluding diaryl/α,β-unsaturated/α-hetero) is 1. The summed E-state index contributed by atoms with van der Waals surface area (Å²) in [5, 5.41) is 4.32.